The molecule has 2 nitrogen and oxygen atoms in total. The van der Waals surface area contributed by atoms with E-state index in [0.29, 0.717) is 17.5 Å². The van der Waals surface area contributed by atoms with E-state index < -0.39 is 0 Å². The fourth-order valence-corrected chi connectivity index (χ4v) is 3.70. The minimum Gasteiger partial charge on any atom is -0.238 e. The predicted octanol–water partition coefficient (Wildman–Crippen LogP) is 6.44. The maximum atomic E-state index is 7.28. The van der Waals surface area contributed by atoms with E-state index in [0.717, 1.165) is 5.39 Å². The van der Waals surface area contributed by atoms with Gasteiger partial charge >= 0.3 is 0 Å². The molecule has 0 fully saturated rings. The van der Waals surface area contributed by atoms with Crippen LogP contribution in [0.15, 0.2) is 42.6 Å². The first-order valence-electron chi connectivity index (χ1n) is 9.28. The standard InChI is InChI=1S/C24H27N2/c1-15(2)19-13-22(16(3)4)17(5)23(14-19)24-21-9-8-20(25-6)12-18(21)10-11-26(24)7/h8-16H,1-5,7H3/q+1. The van der Waals surface area contributed by atoms with Crippen molar-refractivity contribution in [3.05, 3.63) is 70.7 Å². The van der Waals surface area contributed by atoms with Crippen LogP contribution in [-0.2, 0) is 7.05 Å². The molecule has 26 heavy (non-hydrogen) atoms. The minimum atomic E-state index is 0.487. The van der Waals surface area contributed by atoms with Gasteiger partial charge in [-0.1, -0.05) is 45.9 Å². The molecule has 0 amide bonds. The molecule has 3 rings (SSSR count). The van der Waals surface area contributed by atoms with Crippen molar-refractivity contribution >= 4 is 16.5 Å². The second-order valence-corrected chi connectivity index (χ2v) is 7.75. The monoisotopic (exact) mass is 343 g/mol. The van der Waals surface area contributed by atoms with Crippen LogP contribution in [0.5, 0.6) is 0 Å². The van der Waals surface area contributed by atoms with Crippen molar-refractivity contribution in [2.24, 2.45) is 7.05 Å². The highest BCUT2D eigenvalue weighted by Crippen LogP contribution is 2.35. The lowest BCUT2D eigenvalue weighted by Crippen LogP contribution is -2.31. The predicted molar refractivity (Wildman–Crippen MR) is 110 cm³/mol. The molecule has 1 heterocycles. The van der Waals surface area contributed by atoms with Gasteiger partial charge in [-0.15, -0.1) is 0 Å². The summed E-state index contributed by atoms with van der Waals surface area (Å²) < 4.78 is 2.20. The molecule has 0 atom stereocenters. The van der Waals surface area contributed by atoms with Crippen LogP contribution in [0, 0.1) is 13.5 Å². The van der Waals surface area contributed by atoms with Gasteiger partial charge in [0, 0.05) is 6.07 Å². The Morgan fingerprint density at radius 2 is 1.69 bits per heavy atom. The molecule has 0 aliphatic carbocycles. The van der Waals surface area contributed by atoms with Crippen LogP contribution < -0.4 is 4.57 Å². The number of rotatable bonds is 3. The summed E-state index contributed by atoms with van der Waals surface area (Å²) in [5.74, 6) is 0.974. The van der Waals surface area contributed by atoms with Crippen LogP contribution in [0.4, 0.5) is 5.69 Å². The number of hydrogen-bond acceptors (Lipinski definition) is 0. The van der Waals surface area contributed by atoms with Gasteiger partial charge in [0.1, 0.15) is 7.05 Å². The summed E-state index contributed by atoms with van der Waals surface area (Å²) in [6.45, 7) is 18.6. The van der Waals surface area contributed by atoms with E-state index in [9.17, 15) is 0 Å². The van der Waals surface area contributed by atoms with E-state index in [2.05, 4.69) is 81.5 Å². The Morgan fingerprint density at radius 3 is 2.31 bits per heavy atom. The largest absolute Gasteiger partial charge is 0.238 e. The summed E-state index contributed by atoms with van der Waals surface area (Å²) in [5, 5.41) is 2.31. The van der Waals surface area contributed by atoms with Gasteiger partial charge in [-0.3, -0.25) is 0 Å². The molecule has 0 bridgehead atoms. The van der Waals surface area contributed by atoms with Crippen molar-refractivity contribution in [1.82, 2.24) is 0 Å². The highest BCUT2D eigenvalue weighted by Gasteiger charge is 2.21. The van der Waals surface area contributed by atoms with E-state index in [1.54, 1.807) is 0 Å². The minimum absolute atomic E-state index is 0.487. The molecule has 132 valence electrons. The number of fused-ring (bicyclic) bond motifs is 1. The fraction of sp³-hybridized carbons (Fsp3) is 0.333. The maximum Gasteiger partial charge on any atom is 0.220 e. The molecular formula is C24H27N2+. The van der Waals surface area contributed by atoms with Gasteiger partial charge < -0.3 is 0 Å². The first kappa shape index (κ1) is 18.1. The molecule has 2 aromatic carbocycles. The normalized spacial score (nSPS) is 11.3. The molecule has 0 unspecified atom stereocenters. The number of pyridine rings is 1. The first-order valence-corrected chi connectivity index (χ1v) is 9.28. The van der Waals surface area contributed by atoms with Crippen molar-refractivity contribution in [1.29, 1.82) is 0 Å². The smallest absolute Gasteiger partial charge is 0.220 e. The zero-order valence-corrected chi connectivity index (χ0v) is 16.6. The van der Waals surface area contributed by atoms with E-state index in [1.807, 2.05) is 12.1 Å². The SMILES string of the molecule is [C-]#[N+]c1ccc2c(-c3cc(C(C)C)cc(C(C)C)c3C)[n+](C)ccc2c1. The molecule has 0 saturated heterocycles. The molecule has 0 aliphatic heterocycles. The van der Waals surface area contributed by atoms with Crippen LogP contribution in [0.25, 0.3) is 26.9 Å². The molecule has 1 aromatic heterocycles. The van der Waals surface area contributed by atoms with Crippen LogP contribution in [-0.4, -0.2) is 0 Å². The van der Waals surface area contributed by atoms with Crippen LogP contribution in [0.3, 0.4) is 0 Å². The van der Waals surface area contributed by atoms with Gasteiger partial charge in [-0.2, -0.15) is 0 Å². The Balaban J connectivity index is 2.39. The molecule has 3 aromatic rings. The van der Waals surface area contributed by atoms with Gasteiger partial charge in [0.05, 0.1) is 17.5 Å². The van der Waals surface area contributed by atoms with Crippen molar-refractivity contribution in [3.8, 4) is 11.3 Å². The van der Waals surface area contributed by atoms with Gasteiger partial charge in [-0.05, 0) is 53.0 Å². The summed E-state index contributed by atoms with van der Waals surface area (Å²) in [4.78, 5) is 3.58. The van der Waals surface area contributed by atoms with Gasteiger partial charge in [0.2, 0.25) is 5.69 Å². The number of aryl methyl sites for hydroxylation is 1. The summed E-state index contributed by atoms with van der Waals surface area (Å²) in [5.41, 5.74) is 7.35. The van der Waals surface area contributed by atoms with Crippen molar-refractivity contribution in [2.45, 2.75) is 46.5 Å². The summed E-state index contributed by atoms with van der Waals surface area (Å²) >= 11 is 0. The van der Waals surface area contributed by atoms with Crippen molar-refractivity contribution in [2.75, 3.05) is 0 Å². The molecular weight excluding hydrogens is 316 g/mol. The Kier molecular flexibility index (Phi) is 4.83. The lowest BCUT2D eigenvalue weighted by atomic mass is 9.86. The summed E-state index contributed by atoms with van der Waals surface area (Å²) in [6.07, 6.45) is 2.10. The summed E-state index contributed by atoms with van der Waals surface area (Å²) in [7, 11) is 2.11. The number of hydrogen-bond donors (Lipinski definition) is 0. The van der Waals surface area contributed by atoms with E-state index in [4.69, 9.17) is 6.57 Å². The lowest BCUT2D eigenvalue weighted by Gasteiger charge is -2.18. The fourth-order valence-electron chi connectivity index (χ4n) is 3.70. The van der Waals surface area contributed by atoms with Crippen LogP contribution >= 0.6 is 0 Å². The molecule has 0 radical (unpaired) electrons. The van der Waals surface area contributed by atoms with Gasteiger partial charge in [-0.25, -0.2) is 9.41 Å². The van der Waals surface area contributed by atoms with Gasteiger partial charge in [0.15, 0.2) is 11.9 Å². The second kappa shape index (κ2) is 6.92. The Morgan fingerprint density at radius 1 is 0.962 bits per heavy atom. The highest BCUT2D eigenvalue weighted by atomic mass is 14.9. The van der Waals surface area contributed by atoms with E-state index in [1.165, 1.54) is 33.3 Å². The molecule has 0 aliphatic rings. The van der Waals surface area contributed by atoms with E-state index in [-0.39, 0.29) is 0 Å². The maximum absolute atomic E-state index is 7.28. The average Bonchev–Trinajstić information content (AvgIpc) is 2.61. The Bertz CT molecular complexity index is 1020. The molecule has 2 heteroatoms. The summed E-state index contributed by atoms with van der Waals surface area (Å²) in [6, 6.07) is 12.8. The molecule has 0 N–H and O–H groups in total. The Labute approximate surface area is 156 Å². The number of benzene rings is 2. The van der Waals surface area contributed by atoms with Crippen molar-refractivity contribution in [3.63, 3.8) is 0 Å². The third-order valence-corrected chi connectivity index (χ3v) is 5.26. The first-order chi connectivity index (χ1) is 12.3. The van der Waals surface area contributed by atoms with Gasteiger partial charge in [0.25, 0.3) is 0 Å². The number of aromatic nitrogens is 1. The highest BCUT2D eigenvalue weighted by molar-refractivity contribution is 5.95. The van der Waals surface area contributed by atoms with E-state index >= 15 is 0 Å². The zero-order valence-electron chi connectivity index (χ0n) is 16.6. The quantitative estimate of drug-likeness (QED) is 0.382. The Hall–Kier alpha value is -2.66. The third kappa shape index (κ3) is 3.10. The van der Waals surface area contributed by atoms with Crippen LogP contribution in [0.2, 0.25) is 0 Å². The van der Waals surface area contributed by atoms with Crippen LogP contribution in [0.1, 0.15) is 56.2 Å². The lowest BCUT2D eigenvalue weighted by molar-refractivity contribution is -0.659. The zero-order chi connectivity index (χ0) is 19.0. The van der Waals surface area contributed by atoms with Crippen molar-refractivity contribution < 1.29 is 4.57 Å². The average molecular weight is 343 g/mol. The number of nitrogens with zero attached hydrogens (tertiary/aromatic N) is 2. The second-order valence-electron chi connectivity index (χ2n) is 7.75. The topological polar surface area (TPSA) is 8.24 Å². The molecule has 0 saturated carbocycles. The third-order valence-electron chi connectivity index (χ3n) is 5.26. The molecule has 0 spiro atoms.